The molecule has 0 unspecified atom stereocenters. The number of aromatic nitrogens is 3. The quantitative estimate of drug-likeness (QED) is 0.594. The molecule has 1 N–H and O–H groups in total. The molecule has 6 nitrogen and oxygen atoms in total. The molecular weight excluding hydrogens is 288 g/mol. The molecule has 1 aromatic carbocycles. The van der Waals surface area contributed by atoms with Crippen LogP contribution in [0.15, 0.2) is 52.2 Å². The van der Waals surface area contributed by atoms with E-state index in [0.29, 0.717) is 22.1 Å². The van der Waals surface area contributed by atoms with Crippen LogP contribution in [0, 0.1) is 4.77 Å². The summed E-state index contributed by atoms with van der Waals surface area (Å²) in [5.74, 6) is 1.89. The van der Waals surface area contributed by atoms with Gasteiger partial charge in [-0.15, -0.1) is 0 Å². The number of nitrogens with zero attached hydrogens (tertiary/aromatic N) is 3. The third-order valence-electron chi connectivity index (χ3n) is 2.84. The number of methoxy groups -OCH3 is 1. The number of H-pyrrole nitrogens is 1. The van der Waals surface area contributed by atoms with Crippen molar-refractivity contribution in [3.63, 3.8) is 0 Å². The smallest absolute Gasteiger partial charge is 0.216 e. The monoisotopic (exact) mass is 300 g/mol. The Kier molecular flexibility index (Phi) is 3.65. The van der Waals surface area contributed by atoms with Crippen molar-refractivity contribution in [1.82, 2.24) is 14.9 Å². The van der Waals surface area contributed by atoms with Gasteiger partial charge in [0, 0.05) is 0 Å². The van der Waals surface area contributed by atoms with Crippen molar-refractivity contribution in [2.24, 2.45) is 5.10 Å². The maximum Gasteiger partial charge on any atom is 0.216 e. The summed E-state index contributed by atoms with van der Waals surface area (Å²) in [7, 11) is 1.61. The first-order valence-electron chi connectivity index (χ1n) is 6.18. The van der Waals surface area contributed by atoms with Crippen molar-refractivity contribution in [3.05, 3.63) is 53.2 Å². The highest BCUT2D eigenvalue weighted by Crippen LogP contribution is 2.27. The lowest BCUT2D eigenvalue weighted by atomic mass is 10.2. The fraction of sp³-hybridized carbons (Fsp3) is 0.0714. The number of rotatable bonds is 4. The molecule has 0 aliphatic carbocycles. The molecule has 0 spiro atoms. The average molecular weight is 300 g/mol. The van der Waals surface area contributed by atoms with Gasteiger partial charge in [-0.1, -0.05) is 12.1 Å². The summed E-state index contributed by atoms with van der Waals surface area (Å²) >= 11 is 5.21. The van der Waals surface area contributed by atoms with Crippen molar-refractivity contribution < 1.29 is 9.15 Å². The van der Waals surface area contributed by atoms with E-state index in [1.54, 1.807) is 31.7 Å². The molecular formula is C14H12N4O2S. The third kappa shape index (κ3) is 2.63. The van der Waals surface area contributed by atoms with Crippen LogP contribution in [-0.4, -0.2) is 28.2 Å². The summed E-state index contributed by atoms with van der Waals surface area (Å²) in [4.78, 5) is 0. The summed E-state index contributed by atoms with van der Waals surface area (Å²) in [5, 5.41) is 11.3. The van der Waals surface area contributed by atoms with Crippen LogP contribution in [0.2, 0.25) is 0 Å². The number of hydrogen-bond donors (Lipinski definition) is 1. The molecule has 21 heavy (non-hydrogen) atoms. The third-order valence-corrected chi connectivity index (χ3v) is 3.11. The molecule has 0 bridgehead atoms. The highest BCUT2D eigenvalue weighted by molar-refractivity contribution is 7.71. The van der Waals surface area contributed by atoms with Crippen LogP contribution in [0.25, 0.3) is 11.4 Å². The SMILES string of the molecule is COc1ccccc1-c1n[nH]c(=S)n1/N=C/c1ccco1. The Morgan fingerprint density at radius 1 is 1.33 bits per heavy atom. The predicted octanol–water partition coefficient (Wildman–Crippen LogP) is 3.09. The Morgan fingerprint density at radius 2 is 2.19 bits per heavy atom. The molecule has 0 atom stereocenters. The average Bonchev–Trinajstić information content (AvgIpc) is 3.15. The van der Waals surface area contributed by atoms with Gasteiger partial charge in [-0.05, 0) is 36.5 Å². The Hall–Kier alpha value is -2.67. The Bertz CT molecular complexity index is 818. The molecule has 0 amide bonds. The van der Waals surface area contributed by atoms with E-state index in [1.807, 2.05) is 24.3 Å². The molecule has 7 heteroatoms. The van der Waals surface area contributed by atoms with Crippen molar-refractivity contribution in [1.29, 1.82) is 0 Å². The number of aromatic amines is 1. The van der Waals surface area contributed by atoms with Gasteiger partial charge in [-0.25, -0.2) is 5.10 Å². The molecule has 0 fully saturated rings. The van der Waals surface area contributed by atoms with E-state index in [4.69, 9.17) is 21.4 Å². The highest BCUT2D eigenvalue weighted by atomic mass is 32.1. The Morgan fingerprint density at radius 3 is 2.95 bits per heavy atom. The molecule has 3 rings (SSSR count). The number of nitrogens with one attached hydrogen (secondary N) is 1. The first-order chi connectivity index (χ1) is 10.3. The van der Waals surface area contributed by atoms with Crippen molar-refractivity contribution >= 4 is 18.4 Å². The van der Waals surface area contributed by atoms with E-state index in [2.05, 4.69) is 15.3 Å². The standard InChI is InChI=1S/C14H12N4O2S/c1-19-12-7-3-2-6-11(12)13-16-17-14(21)18(13)15-9-10-5-4-8-20-10/h2-9H,1H3,(H,17,21)/b15-9+. The largest absolute Gasteiger partial charge is 0.496 e. The lowest BCUT2D eigenvalue weighted by Crippen LogP contribution is -1.96. The van der Waals surface area contributed by atoms with Gasteiger partial charge in [-0.2, -0.15) is 14.9 Å². The van der Waals surface area contributed by atoms with Gasteiger partial charge in [0.05, 0.1) is 25.2 Å². The minimum Gasteiger partial charge on any atom is -0.496 e. The molecule has 0 radical (unpaired) electrons. The van der Waals surface area contributed by atoms with Crippen LogP contribution in [0.1, 0.15) is 5.76 Å². The maximum atomic E-state index is 5.34. The summed E-state index contributed by atoms with van der Waals surface area (Å²) in [5.41, 5.74) is 0.795. The molecule has 0 aliphatic heterocycles. The molecule has 0 saturated heterocycles. The molecule has 106 valence electrons. The van der Waals surface area contributed by atoms with E-state index in [-0.39, 0.29) is 0 Å². The first-order valence-corrected chi connectivity index (χ1v) is 6.59. The Balaban J connectivity index is 2.07. The number of benzene rings is 1. The second-order valence-electron chi connectivity index (χ2n) is 4.12. The van der Waals surface area contributed by atoms with E-state index < -0.39 is 0 Å². The molecule has 2 aromatic heterocycles. The number of furan rings is 1. The first kappa shape index (κ1) is 13.3. The summed E-state index contributed by atoms with van der Waals surface area (Å²) in [6, 6.07) is 11.1. The van der Waals surface area contributed by atoms with Crippen LogP contribution in [0.4, 0.5) is 0 Å². The number of para-hydroxylation sites is 1. The topological polar surface area (TPSA) is 68.3 Å². The minimum atomic E-state index is 0.388. The zero-order chi connectivity index (χ0) is 14.7. The van der Waals surface area contributed by atoms with Crippen LogP contribution >= 0.6 is 12.2 Å². The van der Waals surface area contributed by atoms with Crippen molar-refractivity contribution in [2.45, 2.75) is 0 Å². The van der Waals surface area contributed by atoms with E-state index >= 15 is 0 Å². The lowest BCUT2D eigenvalue weighted by molar-refractivity contribution is 0.416. The fourth-order valence-electron chi connectivity index (χ4n) is 1.88. The van der Waals surface area contributed by atoms with E-state index in [0.717, 1.165) is 5.56 Å². The van der Waals surface area contributed by atoms with Crippen LogP contribution in [-0.2, 0) is 0 Å². The van der Waals surface area contributed by atoms with Crippen LogP contribution in [0.5, 0.6) is 5.75 Å². The molecule has 2 heterocycles. The number of ether oxygens (including phenoxy) is 1. The normalized spacial score (nSPS) is 11.1. The summed E-state index contributed by atoms with van der Waals surface area (Å²) in [6.45, 7) is 0. The van der Waals surface area contributed by atoms with Gasteiger partial charge >= 0.3 is 0 Å². The highest BCUT2D eigenvalue weighted by Gasteiger charge is 2.12. The summed E-state index contributed by atoms with van der Waals surface area (Å²) < 4.78 is 12.5. The van der Waals surface area contributed by atoms with Gasteiger partial charge in [0.2, 0.25) is 4.77 Å². The lowest BCUT2D eigenvalue weighted by Gasteiger charge is -2.06. The molecule has 3 aromatic rings. The van der Waals surface area contributed by atoms with Gasteiger partial charge in [0.25, 0.3) is 0 Å². The van der Waals surface area contributed by atoms with E-state index in [1.165, 1.54) is 4.68 Å². The zero-order valence-corrected chi connectivity index (χ0v) is 12.0. The fourth-order valence-corrected chi connectivity index (χ4v) is 2.06. The predicted molar refractivity (Wildman–Crippen MR) is 81.1 cm³/mol. The van der Waals surface area contributed by atoms with E-state index in [9.17, 15) is 0 Å². The van der Waals surface area contributed by atoms with Gasteiger partial charge in [0.15, 0.2) is 5.82 Å². The van der Waals surface area contributed by atoms with Gasteiger partial charge in [0.1, 0.15) is 11.5 Å². The van der Waals surface area contributed by atoms with Crippen LogP contribution in [0.3, 0.4) is 0 Å². The van der Waals surface area contributed by atoms with Gasteiger partial charge < -0.3 is 9.15 Å². The minimum absolute atomic E-state index is 0.388. The summed E-state index contributed by atoms with van der Waals surface area (Å²) in [6.07, 6.45) is 3.15. The van der Waals surface area contributed by atoms with Crippen LogP contribution < -0.4 is 4.74 Å². The second-order valence-corrected chi connectivity index (χ2v) is 4.51. The zero-order valence-electron chi connectivity index (χ0n) is 11.2. The molecule has 0 aliphatic rings. The van der Waals surface area contributed by atoms with Gasteiger partial charge in [-0.3, -0.25) is 0 Å². The number of hydrogen-bond acceptors (Lipinski definition) is 5. The maximum absolute atomic E-state index is 5.34. The van der Waals surface area contributed by atoms with Crippen molar-refractivity contribution in [3.8, 4) is 17.1 Å². The molecule has 0 saturated carbocycles. The second kappa shape index (κ2) is 5.76. The Labute approximate surface area is 125 Å². The van der Waals surface area contributed by atoms with Crippen molar-refractivity contribution in [2.75, 3.05) is 7.11 Å².